The highest BCUT2D eigenvalue weighted by atomic mass is 16.3. The summed E-state index contributed by atoms with van der Waals surface area (Å²) in [5.41, 5.74) is 18.0. The minimum atomic E-state index is -0.129. The molecule has 0 saturated carbocycles. The predicted molar refractivity (Wildman–Crippen MR) is 295 cm³/mol. The van der Waals surface area contributed by atoms with Crippen LogP contribution in [0.15, 0.2) is 229 Å². The Kier molecular flexibility index (Phi) is 8.61. The molecule has 0 bridgehead atoms. The number of rotatable bonds is 6. The van der Waals surface area contributed by atoms with Gasteiger partial charge < -0.3 is 8.98 Å². The first-order chi connectivity index (χ1) is 35.5. The topological polar surface area (TPSA) is 61.7 Å². The van der Waals surface area contributed by atoms with Gasteiger partial charge in [-0.3, -0.25) is 4.57 Å². The van der Waals surface area contributed by atoms with Gasteiger partial charge in [-0.05, 0) is 87.0 Å². The Bertz CT molecular complexity index is 4540. The zero-order chi connectivity index (χ0) is 47.7. The molecule has 0 amide bonds. The SMILES string of the molecule is CC1(C)c2ccccc2-c2cc(-c3nc(-c4ccccc4)nc(-n4c5ccccc5c5ccc6c7ccccc7n(-c7cc(-c8cccc(-c9ccccc9)c8)cc8c7oc7ccccc78)c6c54)n3)ccc21. The van der Waals surface area contributed by atoms with Gasteiger partial charge in [-0.15, -0.1) is 0 Å². The molecule has 6 heteroatoms. The lowest BCUT2D eigenvalue weighted by Crippen LogP contribution is -2.14. The van der Waals surface area contributed by atoms with Crippen LogP contribution in [-0.2, 0) is 5.41 Å². The molecule has 0 saturated heterocycles. The van der Waals surface area contributed by atoms with E-state index in [1.54, 1.807) is 0 Å². The van der Waals surface area contributed by atoms with Gasteiger partial charge in [-0.1, -0.05) is 196 Å². The lowest BCUT2D eigenvalue weighted by Gasteiger charge is -2.21. The third-order valence-electron chi connectivity index (χ3n) is 15.2. The smallest absolute Gasteiger partial charge is 0.238 e. The van der Waals surface area contributed by atoms with Crippen molar-refractivity contribution >= 4 is 65.6 Å². The quantitative estimate of drug-likeness (QED) is 0.167. The van der Waals surface area contributed by atoms with E-state index in [1.165, 1.54) is 27.8 Å². The molecule has 10 aromatic carbocycles. The molecule has 0 aliphatic heterocycles. The summed E-state index contributed by atoms with van der Waals surface area (Å²) in [5.74, 6) is 1.75. The Hall–Kier alpha value is -9.39. The predicted octanol–water partition coefficient (Wildman–Crippen LogP) is 16.9. The van der Waals surface area contributed by atoms with Gasteiger partial charge in [-0.2, -0.15) is 9.97 Å². The molecule has 1 aliphatic carbocycles. The van der Waals surface area contributed by atoms with Crippen molar-refractivity contribution in [3.8, 4) is 67.8 Å². The number of benzene rings is 10. The van der Waals surface area contributed by atoms with Gasteiger partial charge >= 0.3 is 0 Å². The highest BCUT2D eigenvalue weighted by Crippen LogP contribution is 2.50. The Morgan fingerprint density at radius 3 is 1.68 bits per heavy atom. The monoisotopic (exact) mass is 921 g/mol. The number of hydrogen-bond acceptors (Lipinski definition) is 4. The highest BCUT2D eigenvalue weighted by Gasteiger charge is 2.35. The normalized spacial score (nSPS) is 13.0. The number of furan rings is 1. The summed E-state index contributed by atoms with van der Waals surface area (Å²) in [5, 5.41) is 6.56. The Morgan fingerprint density at radius 1 is 0.361 bits per heavy atom. The summed E-state index contributed by atoms with van der Waals surface area (Å²) in [6.45, 7) is 4.63. The van der Waals surface area contributed by atoms with Crippen molar-refractivity contribution in [3.05, 3.63) is 236 Å². The molecule has 15 rings (SSSR count). The molecule has 0 atom stereocenters. The molecule has 6 nitrogen and oxygen atoms in total. The molecule has 0 radical (unpaired) electrons. The Labute approximate surface area is 414 Å². The van der Waals surface area contributed by atoms with Crippen molar-refractivity contribution in [3.63, 3.8) is 0 Å². The summed E-state index contributed by atoms with van der Waals surface area (Å²) in [6.07, 6.45) is 0. The van der Waals surface area contributed by atoms with Crippen LogP contribution in [0.4, 0.5) is 0 Å². The average molecular weight is 922 g/mol. The molecule has 0 fully saturated rings. The van der Waals surface area contributed by atoms with Crippen molar-refractivity contribution in [2.24, 2.45) is 0 Å². The highest BCUT2D eigenvalue weighted by molar-refractivity contribution is 6.24. The zero-order valence-electron chi connectivity index (χ0n) is 39.5. The van der Waals surface area contributed by atoms with Gasteiger partial charge in [0.1, 0.15) is 5.58 Å². The van der Waals surface area contributed by atoms with Gasteiger partial charge in [0.25, 0.3) is 0 Å². The van der Waals surface area contributed by atoms with E-state index in [2.05, 4.69) is 223 Å². The van der Waals surface area contributed by atoms with Gasteiger partial charge in [0.05, 0.1) is 27.8 Å². The van der Waals surface area contributed by atoms with E-state index >= 15 is 0 Å². The van der Waals surface area contributed by atoms with Crippen molar-refractivity contribution in [1.29, 1.82) is 0 Å². The third-order valence-corrected chi connectivity index (χ3v) is 15.2. The molecule has 0 spiro atoms. The minimum Gasteiger partial charge on any atom is -0.454 e. The lowest BCUT2D eigenvalue weighted by atomic mass is 9.82. The van der Waals surface area contributed by atoms with Gasteiger partial charge in [0, 0.05) is 48.9 Å². The number of hydrogen-bond donors (Lipinski definition) is 0. The van der Waals surface area contributed by atoms with Crippen molar-refractivity contribution in [1.82, 2.24) is 24.1 Å². The zero-order valence-corrected chi connectivity index (χ0v) is 39.5. The first-order valence-corrected chi connectivity index (χ1v) is 24.6. The lowest BCUT2D eigenvalue weighted by molar-refractivity contribution is 0.660. The van der Waals surface area contributed by atoms with Gasteiger partial charge in [-0.25, -0.2) is 4.98 Å². The maximum absolute atomic E-state index is 7.01. The van der Waals surface area contributed by atoms with E-state index in [-0.39, 0.29) is 5.41 Å². The Balaban J connectivity index is 1.05. The van der Waals surface area contributed by atoms with Crippen LogP contribution < -0.4 is 0 Å². The second-order valence-corrected chi connectivity index (χ2v) is 19.6. The molecule has 4 heterocycles. The van der Waals surface area contributed by atoms with Crippen LogP contribution in [0.1, 0.15) is 25.0 Å². The number of fused-ring (bicyclic) bond motifs is 13. The second kappa shape index (κ2) is 15.3. The van der Waals surface area contributed by atoms with Crippen LogP contribution in [0, 0.1) is 0 Å². The van der Waals surface area contributed by atoms with Crippen LogP contribution in [0.3, 0.4) is 0 Å². The van der Waals surface area contributed by atoms with E-state index in [4.69, 9.17) is 19.4 Å². The molecule has 0 unspecified atom stereocenters. The van der Waals surface area contributed by atoms with Gasteiger partial charge in [0.2, 0.25) is 5.95 Å². The summed E-state index contributed by atoms with van der Waals surface area (Å²) < 4.78 is 11.7. The molecular weight excluding hydrogens is 879 g/mol. The van der Waals surface area contributed by atoms with Crippen LogP contribution >= 0.6 is 0 Å². The molecule has 14 aromatic rings. The molecule has 338 valence electrons. The van der Waals surface area contributed by atoms with Crippen LogP contribution in [0.5, 0.6) is 0 Å². The summed E-state index contributed by atoms with van der Waals surface area (Å²) in [7, 11) is 0. The average Bonchev–Trinajstić information content (AvgIpc) is 4.16. The fraction of sp³-hybridized carbons (Fsp3) is 0.0455. The summed E-state index contributed by atoms with van der Waals surface area (Å²) in [6, 6.07) is 80.1. The molecule has 0 N–H and O–H groups in total. The van der Waals surface area contributed by atoms with Crippen molar-refractivity contribution in [2.45, 2.75) is 19.3 Å². The van der Waals surface area contributed by atoms with E-state index in [0.717, 1.165) is 99.1 Å². The fourth-order valence-corrected chi connectivity index (χ4v) is 11.8. The Morgan fingerprint density at radius 2 is 0.931 bits per heavy atom. The fourth-order valence-electron chi connectivity index (χ4n) is 11.8. The van der Waals surface area contributed by atoms with E-state index in [0.29, 0.717) is 17.6 Å². The largest absolute Gasteiger partial charge is 0.454 e. The van der Waals surface area contributed by atoms with Crippen LogP contribution in [0.2, 0.25) is 0 Å². The maximum Gasteiger partial charge on any atom is 0.238 e. The van der Waals surface area contributed by atoms with E-state index in [1.807, 2.05) is 24.3 Å². The number of aromatic nitrogens is 5. The maximum atomic E-state index is 7.01. The first kappa shape index (κ1) is 40.5. The summed E-state index contributed by atoms with van der Waals surface area (Å²) in [4.78, 5) is 16.3. The van der Waals surface area contributed by atoms with Crippen LogP contribution in [0.25, 0.3) is 133 Å². The second-order valence-electron chi connectivity index (χ2n) is 19.6. The third kappa shape index (κ3) is 5.93. The molecule has 1 aliphatic rings. The standard InChI is InChI=1S/C66H43N5O/c1-66(2)54-28-13-9-24-46(54)52-37-44(32-35-55(52)66)64-67-63(41-20-7-4-8-21-41)68-65(69-64)71-57-30-15-11-26-48(57)51-34-33-50-47-25-10-14-29-56(47)70(60(50)61(51)71)58-39-45(38-53-49-27-12-16-31-59(49)72-62(53)58)43-23-17-22-42(36-43)40-18-5-3-6-19-40/h3-39H,1-2H3. The molecule has 72 heavy (non-hydrogen) atoms. The minimum absolute atomic E-state index is 0.129. The number of para-hydroxylation sites is 3. The van der Waals surface area contributed by atoms with Crippen LogP contribution in [-0.4, -0.2) is 24.1 Å². The van der Waals surface area contributed by atoms with Crippen molar-refractivity contribution in [2.75, 3.05) is 0 Å². The van der Waals surface area contributed by atoms with E-state index < -0.39 is 0 Å². The van der Waals surface area contributed by atoms with Gasteiger partial charge in [0.15, 0.2) is 17.2 Å². The van der Waals surface area contributed by atoms with Crippen molar-refractivity contribution < 1.29 is 4.42 Å². The summed E-state index contributed by atoms with van der Waals surface area (Å²) >= 11 is 0. The first-order valence-electron chi connectivity index (χ1n) is 24.6. The number of nitrogens with zero attached hydrogens (tertiary/aromatic N) is 5. The molecular formula is C66H43N5O. The van der Waals surface area contributed by atoms with E-state index in [9.17, 15) is 0 Å². The molecule has 4 aromatic heterocycles.